The zero-order valence-corrected chi connectivity index (χ0v) is 12.8. The van der Waals surface area contributed by atoms with Crippen molar-refractivity contribution in [1.82, 2.24) is 9.55 Å². The molecule has 1 aromatic carbocycles. The summed E-state index contributed by atoms with van der Waals surface area (Å²) in [5.41, 5.74) is 2.65. The van der Waals surface area contributed by atoms with Crippen LogP contribution in [-0.2, 0) is 22.5 Å². The number of ether oxygens (including phenoxy) is 1. The Bertz CT molecular complexity index is 640. The number of fused-ring (bicyclic) bond motifs is 1. The number of para-hydroxylation sites is 1. The van der Waals surface area contributed by atoms with Gasteiger partial charge < -0.3 is 14.6 Å². The Labute approximate surface area is 130 Å². The maximum absolute atomic E-state index is 11.9. The summed E-state index contributed by atoms with van der Waals surface area (Å²) in [7, 11) is 0. The van der Waals surface area contributed by atoms with Gasteiger partial charge in [0.05, 0.1) is 11.4 Å². The fourth-order valence-electron chi connectivity index (χ4n) is 2.74. The van der Waals surface area contributed by atoms with Crippen molar-refractivity contribution in [2.24, 2.45) is 0 Å². The third-order valence-electron chi connectivity index (χ3n) is 3.82. The molecule has 1 aromatic heterocycles. The van der Waals surface area contributed by atoms with Crippen LogP contribution in [0.2, 0.25) is 0 Å². The number of carbonyl (C=O) groups is 1. The van der Waals surface area contributed by atoms with Gasteiger partial charge in [-0.2, -0.15) is 0 Å². The van der Waals surface area contributed by atoms with Crippen molar-refractivity contribution in [1.29, 1.82) is 0 Å². The molecule has 1 amide bonds. The lowest BCUT2D eigenvalue weighted by Gasteiger charge is -2.11. The van der Waals surface area contributed by atoms with Gasteiger partial charge in [-0.3, -0.25) is 4.79 Å². The number of anilines is 1. The van der Waals surface area contributed by atoms with Crippen LogP contribution in [0.1, 0.15) is 25.6 Å². The van der Waals surface area contributed by atoms with Crippen LogP contribution in [0.5, 0.6) is 0 Å². The minimum absolute atomic E-state index is 0.0739. The predicted octanol–water partition coefficient (Wildman–Crippen LogP) is 2.86. The first-order chi connectivity index (χ1) is 10.8. The van der Waals surface area contributed by atoms with Gasteiger partial charge in [-0.05, 0) is 25.8 Å². The van der Waals surface area contributed by atoms with Crippen LogP contribution in [0.3, 0.4) is 0 Å². The first-order valence-electron chi connectivity index (χ1n) is 7.81. The summed E-state index contributed by atoms with van der Waals surface area (Å²) < 4.78 is 7.37. The monoisotopic (exact) mass is 299 g/mol. The van der Waals surface area contributed by atoms with Gasteiger partial charge in [-0.15, -0.1) is 0 Å². The summed E-state index contributed by atoms with van der Waals surface area (Å²) in [6, 6.07) is 7.77. The average molecular weight is 299 g/mol. The number of imidazole rings is 1. The lowest BCUT2D eigenvalue weighted by atomic mass is 10.1. The Hall–Kier alpha value is -2.14. The number of rotatable bonds is 5. The Morgan fingerprint density at radius 3 is 3.05 bits per heavy atom. The molecule has 0 saturated heterocycles. The number of benzene rings is 1. The van der Waals surface area contributed by atoms with E-state index in [9.17, 15) is 4.79 Å². The molecule has 0 unspecified atom stereocenters. The van der Waals surface area contributed by atoms with Crippen LogP contribution < -0.4 is 5.32 Å². The Morgan fingerprint density at radius 2 is 2.23 bits per heavy atom. The zero-order chi connectivity index (χ0) is 15.4. The van der Waals surface area contributed by atoms with Crippen molar-refractivity contribution < 1.29 is 9.53 Å². The second-order valence-electron chi connectivity index (χ2n) is 5.42. The number of nitrogens with one attached hydrogen (secondary N) is 1. The van der Waals surface area contributed by atoms with E-state index in [0.29, 0.717) is 6.61 Å². The summed E-state index contributed by atoms with van der Waals surface area (Å²) in [5, 5.41) is 2.91. The van der Waals surface area contributed by atoms with Crippen LogP contribution in [0.15, 0.2) is 30.5 Å². The number of amides is 1. The van der Waals surface area contributed by atoms with E-state index >= 15 is 0 Å². The molecule has 1 aliphatic rings. The molecule has 0 aliphatic carbocycles. The van der Waals surface area contributed by atoms with E-state index in [1.165, 1.54) is 12.8 Å². The molecular formula is C17H21N3O2. The van der Waals surface area contributed by atoms with Crippen LogP contribution >= 0.6 is 0 Å². The van der Waals surface area contributed by atoms with E-state index in [4.69, 9.17) is 9.72 Å². The first kappa shape index (κ1) is 14.8. The van der Waals surface area contributed by atoms with Gasteiger partial charge in [0, 0.05) is 31.3 Å². The normalized spacial score (nSPS) is 13.7. The molecule has 1 aliphatic heterocycles. The molecule has 5 heteroatoms. The number of hydrogen-bond donors (Lipinski definition) is 1. The number of aromatic nitrogens is 2. The van der Waals surface area contributed by atoms with Crippen LogP contribution in [0, 0.1) is 0 Å². The third-order valence-corrected chi connectivity index (χ3v) is 3.82. The molecule has 116 valence electrons. The fraction of sp³-hybridized carbons (Fsp3) is 0.412. The summed E-state index contributed by atoms with van der Waals surface area (Å²) in [5.74, 6) is 0.995. The van der Waals surface area contributed by atoms with Gasteiger partial charge in [0.15, 0.2) is 0 Å². The summed E-state index contributed by atoms with van der Waals surface area (Å²) in [6.45, 7) is 3.51. The van der Waals surface area contributed by atoms with Gasteiger partial charge in [0.25, 0.3) is 0 Å². The number of aryl methyl sites for hydroxylation is 2. The SMILES string of the molecule is CCOCC(=O)Nc1ccccc1-c1cn2c(n1)CCCC2. The van der Waals surface area contributed by atoms with Crippen molar-refractivity contribution in [2.45, 2.75) is 32.7 Å². The van der Waals surface area contributed by atoms with E-state index in [0.717, 1.165) is 35.7 Å². The predicted molar refractivity (Wildman–Crippen MR) is 85.7 cm³/mol. The highest BCUT2D eigenvalue weighted by molar-refractivity contribution is 5.95. The highest BCUT2D eigenvalue weighted by Gasteiger charge is 2.15. The highest BCUT2D eigenvalue weighted by atomic mass is 16.5. The molecule has 0 saturated carbocycles. The lowest BCUT2D eigenvalue weighted by molar-refractivity contribution is -0.120. The van der Waals surface area contributed by atoms with E-state index in [1.807, 2.05) is 31.2 Å². The molecule has 0 radical (unpaired) electrons. The van der Waals surface area contributed by atoms with Crippen molar-refractivity contribution in [3.05, 3.63) is 36.3 Å². The summed E-state index contributed by atoms with van der Waals surface area (Å²) >= 11 is 0. The topological polar surface area (TPSA) is 56.1 Å². The molecule has 0 spiro atoms. The molecule has 22 heavy (non-hydrogen) atoms. The minimum Gasteiger partial charge on any atom is -0.372 e. The summed E-state index contributed by atoms with van der Waals surface area (Å²) in [6.07, 6.45) is 5.51. The van der Waals surface area contributed by atoms with Gasteiger partial charge in [0.1, 0.15) is 12.4 Å². The minimum atomic E-state index is -0.140. The maximum Gasteiger partial charge on any atom is 0.250 e. The second kappa shape index (κ2) is 6.75. The molecule has 5 nitrogen and oxygen atoms in total. The standard InChI is InChI=1S/C17H21N3O2/c1-2-22-12-17(21)19-14-8-4-3-7-13(14)15-11-20-10-6-5-9-16(20)18-15/h3-4,7-8,11H,2,5-6,9-10,12H2,1H3,(H,19,21). The van der Waals surface area contributed by atoms with Crippen LogP contribution in [-0.4, -0.2) is 28.7 Å². The van der Waals surface area contributed by atoms with E-state index in [1.54, 1.807) is 0 Å². The average Bonchev–Trinajstić information content (AvgIpc) is 2.97. The molecule has 0 fully saturated rings. The van der Waals surface area contributed by atoms with Crippen LogP contribution in [0.4, 0.5) is 5.69 Å². The lowest BCUT2D eigenvalue weighted by Crippen LogP contribution is -2.18. The fourth-order valence-corrected chi connectivity index (χ4v) is 2.74. The van der Waals surface area contributed by atoms with Gasteiger partial charge in [0.2, 0.25) is 5.91 Å². The second-order valence-corrected chi connectivity index (χ2v) is 5.42. The molecule has 0 atom stereocenters. The zero-order valence-electron chi connectivity index (χ0n) is 12.8. The van der Waals surface area contributed by atoms with Gasteiger partial charge in [-0.25, -0.2) is 4.98 Å². The Balaban J connectivity index is 1.84. The van der Waals surface area contributed by atoms with Crippen molar-refractivity contribution in [3.63, 3.8) is 0 Å². The molecule has 2 heterocycles. The number of hydrogen-bond acceptors (Lipinski definition) is 3. The summed E-state index contributed by atoms with van der Waals surface area (Å²) in [4.78, 5) is 16.6. The van der Waals surface area contributed by atoms with E-state index in [-0.39, 0.29) is 12.5 Å². The van der Waals surface area contributed by atoms with Crippen LogP contribution in [0.25, 0.3) is 11.3 Å². The van der Waals surface area contributed by atoms with Crippen molar-refractivity contribution >= 4 is 11.6 Å². The molecule has 1 N–H and O–H groups in total. The third kappa shape index (κ3) is 3.20. The van der Waals surface area contributed by atoms with E-state index < -0.39 is 0 Å². The van der Waals surface area contributed by atoms with Crippen molar-refractivity contribution in [3.8, 4) is 11.3 Å². The van der Waals surface area contributed by atoms with E-state index in [2.05, 4.69) is 16.1 Å². The maximum atomic E-state index is 11.9. The molecule has 2 aromatic rings. The Kier molecular flexibility index (Phi) is 4.53. The molecule has 0 bridgehead atoms. The van der Waals surface area contributed by atoms with Gasteiger partial charge >= 0.3 is 0 Å². The highest BCUT2D eigenvalue weighted by Crippen LogP contribution is 2.28. The smallest absolute Gasteiger partial charge is 0.250 e. The Morgan fingerprint density at radius 1 is 1.36 bits per heavy atom. The number of carbonyl (C=O) groups excluding carboxylic acids is 1. The van der Waals surface area contributed by atoms with Gasteiger partial charge in [-0.1, -0.05) is 18.2 Å². The molecule has 3 rings (SSSR count). The molecular weight excluding hydrogens is 278 g/mol. The van der Waals surface area contributed by atoms with Crippen molar-refractivity contribution in [2.75, 3.05) is 18.5 Å². The largest absolute Gasteiger partial charge is 0.372 e. The number of nitrogens with zero attached hydrogens (tertiary/aromatic N) is 2. The quantitative estimate of drug-likeness (QED) is 0.923. The first-order valence-corrected chi connectivity index (χ1v) is 7.81.